The van der Waals surface area contributed by atoms with Crippen LogP contribution in [-0.2, 0) is 20.4 Å². The predicted molar refractivity (Wildman–Crippen MR) is 89.8 cm³/mol. The first-order valence-corrected chi connectivity index (χ1v) is 9.14. The Kier molecular flexibility index (Phi) is 5.32. The summed E-state index contributed by atoms with van der Waals surface area (Å²) in [7, 11) is -3.63. The van der Waals surface area contributed by atoms with E-state index in [2.05, 4.69) is 5.32 Å². The number of aliphatic carboxylic acids is 1. The molecule has 7 nitrogen and oxygen atoms in total. The molecular formula is C17H19NO6S. The van der Waals surface area contributed by atoms with Crippen molar-refractivity contribution in [2.75, 3.05) is 6.54 Å². The molecule has 0 saturated heterocycles. The van der Waals surface area contributed by atoms with E-state index >= 15 is 0 Å². The van der Waals surface area contributed by atoms with Crippen LogP contribution in [0.2, 0.25) is 0 Å². The highest BCUT2D eigenvalue weighted by atomic mass is 32.2. The number of rotatable bonds is 7. The second-order valence-corrected chi connectivity index (χ2v) is 8.21. The molecule has 0 aliphatic heterocycles. The van der Waals surface area contributed by atoms with Gasteiger partial charge < -0.3 is 14.8 Å². The van der Waals surface area contributed by atoms with Crippen LogP contribution in [0.4, 0.5) is 0 Å². The topological polar surface area (TPSA) is 114 Å². The third-order valence-electron chi connectivity index (χ3n) is 3.67. The van der Waals surface area contributed by atoms with Crippen molar-refractivity contribution in [2.24, 2.45) is 5.41 Å². The molecule has 0 fully saturated rings. The summed E-state index contributed by atoms with van der Waals surface area (Å²) in [6, 6.07) is 9.31. The van der Waals surface area contributed by atoms with Crippen LogP contribution in [0.5, 0.6) is 0 Å². The minimum atomic E-state index is -3.63. The van der Waals surface area contributed by atoms with Crippen molar-refractivity contribution in [3.8, 4) is 0 Å². The lowest BCUT2D eigenvalue weighted by Gasteiger charge is -2.19. The smallest absolute Gasteiger partial charge is 0.310 e. The largest absolute Gasteiger partial charge is 0.481 e. The number of hydrogen-bond acceptors (Lipinski definition) is 5. The Morgan fingerprint density at radius 1 is 1.16 bits per heavy atom. The van der Waals surface area contributed by atoms with Crippen LogP contribution in [0.15, 0.2) is 52.0 Å². The molecule has 0 spiro atoms. The van der Waals surface area contributed by atoms with Crippen LogP contribution in [0.3, 0.4) is 0 Å². The number of hydrogen-bond donors (Lipinski definition) is 2. The van der Waals surface area contributed by atoms with Crippen LogP contribution in [0.1, 0.15) is 30.0 Å². The number of benzene rings is 1. The Bertz CT molecular complexity index is 868. The van der Waals surface area contributed by atoms with Crippen LogP contribution >= 0.6 is 0 Å². The van der Waals surface area contributed by atoms with E-state index in [1.54, 1.807) is 18.2 Å². The SMILES string of the molecule is CC(C)(CNC(=O)c1occc1CS(=O)(=O)c1ccccc1)C(=O)O. The number of sulfone groups is 1. The Hall–Kier alpha value is -2.61. The zero-order valence-corrected chi connectivity index (χ0v) is 14.7. The van der Waals surface area contributed by atoms with Crippen molar-refractivity contribution in [2.45, 2.75) is 24.5 Å². The van der Waals surface area contributed by atoms with Crippen LogP contribution in [0, 0.1) is 5.41 Å². The summed E-state index contributed by atoms with van der Waals surface area (Å²) in [4.78, 5) is 23.5. The fourth-order valence-corrected chi connectivity index (χ4v) is 3.40. The summed E-state index contributed by atoms with van der Waals surface area (Å²) in [5, 5.41) is 11.5. The van der Waals surface area contributed by atoms with Gasteiger partial charge in [-0.15, -0.1) is 0 Å². The normalized spacial score (nSPS) is 11.9. The molecule has 0 unspecified atom stereocenters. The average molecular weight is 365 g/mol. The van der Waals surface area contributed by atoms with Gasteiger partial charge in [0.05, 0.1) is 22.3 Å². The summed E-state index contributed by atoms with van der Waals surface area (Å²) >= 11 is 0. The number of carbonyl (C=O) groups excluding carboxylic acids is 1. The van der Waals surface area contributed by atoms with Gasteiger partial charge in [0, 0.05) is 12.1 Å². The van der Waals surface area contributed by atoms with Crippen molar-refractivity contribution in [3.05, 3.63) is 54.0 Å². The minimum Gasteiger partial charge on any atom is -0.481 e. The first-order chi connectivity index (χ1) is 11.6. The Labute approximate surface area is 145 Å². The summed E-state index contributed by atoms with van der Waals surface area (Å²) in [5.74, 6) is -2.24. The van der Waals surface area contributed by atoms with E-state index in [4.69, 9.17) is 9.52 Å². The maximum absolute atomic E-state index is 12.4. The zero-order chi connectivity index (χ0) is 18.7. The Morgan fingerprint density at radius 2 is 1.80 bits per heavy atom. The summed E-state index contributed by atoms with van der Waals surface area (Å²) in [6.45, 7) is 2.82. The highest BCUT2D eigenvalue weighted by molar-refractivity contribution is 7.90. The number of carbonyl (C=O) groups is 2. The Morgan fingerprint density at radius 3 is 2.40 bits per heavy atom. The van der Waals surface area contributed by atoms with Crippen LogP contribution in [0.25, 0.3) is 0 Å². The van der Waals surface area contributed by atoms with E-state index in [0.717, 1.165) is 0 Å². The molecule has 0 aliphatic rings. The molecule has 8 heteroatoms. The highest BCUT2D eigenvalue weighted by Gasteiger charge is 2.29. The molecule has 0 radical (unpaired) electrons. The van der Waals surface area contributed by atoms with Crippen molar-refractivity contribution in [3.63, 3.8) is 0 Å². The molecule has 1 amide bonds. The molecule has 0 saturated carbocycles. The van der Waals surface area contributed by atoms with Gasteiger partial charge in [0.1, 0.15) is 0 Å². The molecule has 1 aromatic heterocycles. The van der Waals surface area contributed by atoms with Crippen molar-refractivity contribution < 1.29 is 27.5 Å². The van der Waals surface area contributed by atoms with Gasteiger partial charge in [-0.05, 0) is 32.0 Å². The maximum Gasteiger partial charge on any atom is 0.310 e. The Balaban J connectivity index is 2.15. The van der Waals surface area contributed by atoms with Gasteiger partial charge in [0.25, 0.3) is 5.91 Å². The number of furan rings is 1. The number of nitrogens with one attached hydrogen (secondary N) is 1. The summed E-state index contributed by atoms with van der Waals surface area (Å²) in [5.41, 5.74) is -0.937. The molecule has 0 aliphatic carbocycles. The van der Waals surface area contributed by atoms with Gasteiger partial charge in [-0.25, -0.2) is 8.42 Å². The molecule has 1 aromatic carbocycles. The molecule has 134 valence electrons. The van der Waals surface area contributed by atoms with E-state index in [-0.39, 0.29) is 22.8 Å². The van der Waals surface area contributed by atoms with E-state index < -0.39 is 32.9 Å². The number of carboxylic acid groups (broad SMARTS) is 1. The van der Waals surface area contributed by atoms with Gasteiger partial charge >= 0.3 is 5.97 Å². The quantitative estimate of drug-likeness (QED) is 0.777. The fourth-order valence-electron chi connectivity index (χ4n) is 2.02. The van der Waals surface area contributed by atoms with Gasteiger partial charge in [-0.2, -0.15) is 0 Å². The number of amides is 1. The lowest BCUT2D eigenvalue weighted by Crippen LogP contribution is -2.39. The van der Waals surface area contributed by atoms with Gasteiger partial charge in [-0.3, -0.25) is 9.59 Å². The average Bonchev–Trinajstić information content (AvgIpc) is 3.01. The molecular weight excluding hydrogens is 346 g/mol. The van der Waals surface area contributed by atoms with E-state index in [0.29, 0.717) is 0 Å². The van der Waals surface area contributed by atoms with Crippen molar-refractivity contribution in [1.82, 2.24) is 5.32 Å². The number of carboxylic acids is 1. The van der Waals surface area contributed by atoms with E-state index in [9.17, 15) is 18.0 Å². The molecule has 2 aromatic rings. The molecule has 2 N–H and O–H groups in total. The summed E-state index contributed by atoms with van der Waals surface area (Å²) < 4.78 is 30.0. The van der Waals surface area contributed by atoms with Crippen LogP contribution in [-0.4, -0.2) is 31.9 Å². The molecule has 0 bridgehead atoms. The maximum atomic E-state index is 12.4. The van der Waals surface area contributed by atoms with Crippen LogP contribution < -0.4 is 5.32 Å². The molecule has 25 heavy (non-hydrogen) atoms. The second kappa shape index (κ2) is 7.10. The first-order valence-electron chi connectivity index (χ1n) is 7.49. The third kappa shape index (κ3) is 4.48. The minimum absolute atomic E-state index is 0.118. The summed E-state index contributed by atoms with van der Waals surface area (Å²) in [6.07, 6.45) is 1.23. The lowest BCUT2D eigenvalue weighted by molar-refractivity contribution is -0.146. The first kappa shape index (κ1) is 18.7. The monoisotopic (exact) mass is 365 g/mol. The van der Waals surface area contributed by atoms with Crippen molar-refractivity contribution in [1.29, 1.82) is 0 Å². The van der Waals surface area contributed by atoms with Crippen molar-refractivity contribution >= 4 is 21.7 Å². The van der Waals surface area contributed by atoms with Gasteiger partial charge in [-0.1, -0.05) is 18.2 Å². The standard InChI is InChI=1S/C17H19NO6S/c1-17(2,16(20)21)11-18-15(19)14-12(8-9-24-14)10-25(22,23)13-6-4-3-5-7-13/h3-9H,10-11H2,1-2H3,(H,18,19)(H,20,21). The zero-order valence-electron chi connectivity index (χ0n) is 13.9. The van der Waals surface area contributed by atoms with E-state index in [1.165, 1.54) is 38.3 Å². The highest BCUT2D eigenvalue weighted by Crippen LogP contribution is 2.20. The van der Waals surface area contributed by atoms with Gasteiger partial charge in [0.15, 0.2) is 15.6 Å². The second-order valence-electron chi connectivity index (χ2n) is 6.22. The fraction of sp³-hybridized carbons (Fsp3) is 0.294. The van der Waals surface area contributed by atoms with Gasteiger partial charge in [0.2, 0.25) is 0 Å². The molecule has 2 rings (SSSR count). The third-order valence-corrected chi connectivity index (χ3v) is 5.35. The molecule has 1 heterocycles. The molecule has 0 atom stereocenters. The van der Waals surface area contributed by atoms with E-state index in [1.807, 2.05) is 0 Å². The lowest BCUT2D eigenvalue weighted by atomic mass is 9.94. The predicted octanol–water partition coefficient (Wildman–Crippen LogP) is 2.09.